The van der Waals surface area contributed by atoms with Crippen molar-refractivity contribution < 1.29 is 14.2 Å². The zero-order valence-corrected chi connectivity index (χ0v) is 19.2. The van der Waals surface area contributed by atoms with Gasteiger partial charge in [-0.2, -0.15) is 0 Å². The molecule has 0 aliphatic carbocycles. The van der Waals surface area contributed by atoms with Gasteiger partial charge in [0.25, 0.3) is 0 Å². The number of hydrogen-bond donors (Lipinski definition) is 1. The lowest BCUT2D eigenvalue weighted by Crippen LogP contribution is -2.40. The smallest absolute Gasteiger partial charge is 0.198 e. The summed E-state index contributed by atoms with van der Waals surface area (Å²) in [6, 6.07) is 12.2. The molecule has 0 saturated carbocycles. The van der Waals surface area contributed by atoms with E-state index in [0.29, 0.717) is 18.0 Å². The normalized spacial score (nSPS) is 12.9. The third-order valence-electron chi connectivity index (χ3n) is 4.66. The van der Waals surface area contributed by atoms with Gasteiger partial charge < -0.3 is 24.4 Å². The van der Waals surface area contributed by atoms with Crippen LogP contribution in [0.15, 0.2) is 41.4 Å². The fraction of sp³-hybridized carbons (Fsp3) is 0.381. The topological polar surface area (TPSA) is 55.3 Å². The van der Waals surface area contributed by atoms with Crippen LogP contribution in [0.5, 0.6) is 17.2 Å². The lowest BCUT2D eigenvalue weighted by Gasteiger charge is -2.22. The molecule has 2 aromatic rings. The van der Waals surface area contributed by atoms with Crippen LogP contribution in [0.1, 0.15) is 18.1 Å². The molecule has 1 aliphatic heterocycles. The van der Waals surface area contributed by atoms with E-state index in [9.17, 15) is 0 Å². The average Bonchev–Trinajstić information content (AvgIpc) is 3.14. The molecule has 0 amide bonds. The van der Waals surface area contributed by atoms with Gasteiger partial charge in [0.1, 0.15) is 5.75 Å². The van der Waals surface area contributed by atoms with Crippen LogP contribution in [0.2, 0.25) is 0 Å². The maximum Gasteiger partial charge on any atom is 0.198 e. The summed E-state index contributed by atoms with van der Waals surface area (Å²) >= 11 is 0. The molecule has 0 aromatic heterocycles. The molecule has 1 aliphatic rings. The Morgan fingerprint density at radius 3 is 2.39 bits per heavy atom. The molecule has 0 fully saturated rings. The van der Waals surface area contributed by atoms with E-state index < -0.39 is 0 Å². The molecule has 1 N–H and O–H groups in total. The zero-order valence-electron chi connectivity index (χ0n) is 16.8. The summed E-state index contributed by atoms with van der Waals surface area (Å²) in [6.07, 6.45) is 1.03. The monoisotopic (exact) mass is 497 g/mol. The van der Waals surface area contributed by atoms with Crippen molar-refractivity contribution in [3.63, 3.8) is 0 Å². The van der Waals surface area contributed by atoms with Crippen molar-refractivity contribution in [3.8, 4) is 17.2 Å². The van der Waals surface area contributed by atoms with Gasteiger partial charge in [-0.05, 0) is 31.0 Å². The molecule has 7 heteroatoms. The summed E-state index contributed by atoms with van der Waals surface area (Å²) in [7, 11) is 4.89. The minimum absolute atomic E-state index is 0. The van der Waals surface area contributed by atoms with Crippen LogP contribution < -0.4 is 24.4 Å². The second-order valence-electron chi connectivity index (χ2n) is 6.22. The number of nitrogens with one attached hydrogen (secondary N) is 1. The van der Waals surface area contributed by atoms with Crippen molar-refractivity contribution in [1.82, 2.24) is 5.32 Å². The maximum absolute atomic E-state index is 5.52. The summed E-state index contributed by atoms with van der Waals surface area (Å²) in [4.78, 5) is 7.10. The molecule has 0 spiro atoms. The van der Waals surface area contributed by atoms with E-state index in [4.69, 9.17) is 19.2 Å². The first-order valence-electron chi connectivity index (χ1n) is 9.14. The van der Waals surface area contributed by atoms with Crippen molar-refractivity contribution >= 4 is 35.6 Å². The predicted octanol–water partition coefficient (Wildman–Crippen LogP) is 3.86. The van der Waals surface area contributed by atoms with Crippen LogP contribution in [-0.2, 0) is 13.0 Å². The summed E-state index contributed by atoms with van der Waals surface area (Å²) < 4.78 is 16.3. The van der Waals surface area contributed by atoms with Gasteiger partial charge in [-0.25, -0.2) is 4.99 Å². The standard InChI is InChI=1S/C21H27N3O3.HI/c1-5-22-21(24-11-10-15-8-6-7-9-17(15)24)23-14-16-12-19(26-3)20(27-4)13-18(16)25-2;/h6-9,12-13H,5,10-11,14H2,1-4H3,(H,22,23);1H. The van der Waals surface area contributed by atoms with Gasteiger partial charge in [0.05, 0.1) is 27.9 Å². The van der Waals surface area contributed by atoms with Gasteiger partial charge in [0, 0.05) is 30.4 Å². The fourth-order valence-corrected chi connectivity index (χ4v) is 3.33. The van der Waals surface area contributed by atoms with Gasteiger partial charge in [-0.15, -0.1) is 24.0 Å². The van der Waals surface area contributed by atoms with E-state index in [1.54, 1.807) is 21.3 Å². The Labute approximate surface area is 183 Å². The van der Waals surface area contributed by atoms with Crippen molar-refractivity contribution in [1.29, 1.82) is 0 Å². The lowest BCUT2D eigenvalue weighted by atomic mass is 10.1. The molecule has 3 rings (SSSR count). The minimum Gasteiger partial charge on any atom is -0.496 e. The Morgan fingerprint density at radius 2 is 1.71 bits per heavy atom. The number of ether oxygens (including phenoxy) is 3. The number of benzene rings is 2. The van der Waals surface area contributed by atoms with Crippen LogP contribution in [0, 0.1) is 0 Å². The van der Waals surface area contributed by atoms with Gasteiger partial charge in [0.2, 0.25) is 0 Å². The molecule has 28 heavy (non-hydrogen) atoms. The average molecular weight is 497 g/mol. The maximum atomic E-state index is 5.52. The van der Waals surface area contributed by atoms with Crippen LogP contribution in [0.3, 0.4) is 0 Å². The number of methoxy groups -OCH3 is 3. The highest BCUT2D eigenvalue weighted by molar-refractivity contribution is 14.0. The molecule has 0 saturated heterocycles. The highest BCUT2D eigenvalue weighted by atomic mass is 127. The number of aliphatic imine (C=N–C) groups is 1. The van der Waals surface area contributed by atoms with Gasteiger partial charge in [-0.3, -0.25) is 0 Å². The first kappa shape index (κ1) is 22.1. The lowest BCUT2D eigenvalue weighted by molar-refractivity contribution is 0.347. The van der Waals surface area contributed by atoms with Crippen LogP contribution in [0.4, 0.5) is 5.69 Å². The molecule has 0 atom stereocenters. The molecule has 1 heterocycles. The van der Waals surface area contributed by atoms with E-state index in [2.05, 4.69) is 41.4 Å². The second-order valence-corrected chi connectivity index (χ2v) is 6.22. The second kappa shape index (κ2) is 10.4. The minimum atomic E-state index is 0. The first-order chi connectivity index (χ1) is 13.2. The van der Waals surface area contributed by atoms with Crippen molar-refractivity contribution in [2.45, 2.75) is 19.9 Å². The number of anilines is 1. The number of hydrogen-bond acceptors (Lipinski definition) is 4. The third-order valence-corrected chi connectivity index (χ3v) is 4.66. The predicted molar refractivity (Wildman–Crippen MR) is 124 cm³/mol. The van der Waals surface area contributed by atoms with E-state index in [0.717, 1.165) is 36.8 Å². The van der Waals surface area contributed by atoms with E-state index >= 15 is 0 Å². The number of halogens is 1. The molecular weight excluding hydrogens is 469 g/mol. The number of nitrogens with zero attached hydrogens (tertiary/aromatic N) is 2. The van der Waals surface area contributed by atoms with Gasteiger partial charge in [-0.1, -0.05) is 18.2 Å². The molecule has 0 bridgehead atoms. The summed E-state index contributed by atoms with van der Waals surface area (Å²) in [5.41, 5.74) is 3.52. The van der Waals surface area contributed by atoms with E-state index in [1.807, 2.05) is 12.1 Å². The van der Waals surface area contributed by atoms with Crippen molar-refractivity contribution in [2.24, 2.45) is 4.99 Å². The van der Waals surface area contributed by atoms with Crippen molar-refractivity contribution in [3.05, 3.63) is 47.5 Å². The molecule has 6 nitrogen and oxygen atoms in total. The number of rotatable bonds is 6. The van der Waals surface area contributed by atoms with Crippen LogP contribution >= 0.6 is 24.0 Å². The van der Waals surface area contributed by atoms with E-state index in [-0.39, 0.29) is 24.0 Å². The van der Waals surface area contributed by atoms with E-state index in [1.165, 1.54) is 11.3 Å². The Balaban J connectivity index is 0.00000280. The SMILES string of the molecule is CCNC(=NCc1cc(OC)c(OC)cc1OC)N1CCc2ccccc21.I. The van der Waals surface area contributed by atoms with Crippen LogP contribution in [-0.4, -0.2) is 40.4 Å². The molecular formula is C21H28IN3O3. The third kappa shape index (κ3) is 4.63. The highest BCUT2D eigenvalue weighted by Crippen LogP contribution is 2.35. The van der Waals surface area contributed by atoms with Gasteiger partial charge >= 0.3 is 0 Å². The first-order valence-corrected chi connectivity index (χ1v) is 9.14. The van der Waals surface area contributed by atoms with Crippen LogP contribution in [0.25, 0.3) is 0 Å². The molecule has 0 radical (unpaired) electrons. The Hall–Kier alpha value is -2.16. The number of guanidine groups is 1. The molecule has 2 aromatic carbocycles. The summed E-state index contributed by atoms with van der Waals surface area (Å²) in [5.74, 6) is 2.91. The largest absolute Gasteiger partial charge is 0.496 e. The number of para-hydroxylation sites is 1. The summed E-state index contributed by atoms with van der Waals surface area (Å²) in [5, 5.41) is 3.40. The zero-order chi connectivity index (χ0) is 19.2. The van der Waals surface area contributed by atoms with Crippen molar-refractivity contribution in [2.75, 3.05) is 39.3 Å². The highest BCUT2D eigenvalue weighted by Gasteiger charge is 2.22. The quantitative estimate of drug-likeness (QED) is 0.373. The Kier molecular flexibility index (Phi) is 8.22. The number of fused-ring (bicyclic) bond motifs is 1. The molecule has 0 unspecified atom stereocenters. The molecule has 152 valence electrons. The fourth-order valence-electron chi connectivity index (χ4n) is 3.33. The Bertz CT molecular complexity index is 827. The Morgan fingerprint density at radius 1 is 1.04 bits per heavy atom. The summed E-state index contributed by atoms with van der Waals surface area (Å²) in [6.45, 7) is 4.29. The van der Waals surface area contributed by atoms with Gasteiger partial charge in [0.15, 0.2) is 17.5 Å².